The fourth-order valence-electron chi connectivity index (χ4n) is 5.37. The highest BCUT2D eigenvalue weighted by Crippen LogP contribution is 2.37. The molecule has 252 valence electrons. The monoisotopic (exact) mass is 721 g/mol. The van der Waals surface area contributed by atoms with Gasteiger partial charge in [0.2, 0.25) is 19.7 Å². The van der Waals surface area contributed by atoms with Crippen molar-refractivity contribution in [2.75, 3.05) is 26.3 Å². The van der Waals surface area contributed by atoms with Crippen molar-refractivity contribution in [2.24, 2.45) is 11.5 Å². The van der Waals surface area contributed by atoms with Gasteiger partial charge >= 0.3 is 6.03 Å². The molecule has 0 bridgehead atoms. The molecule has 0 aromatic heterocycles. The van der Waals surface area contributed by atoms with E-state index >= 15 is 0 Å². The Hall–Kier alpha value is -3.81. The van der Waals surface area contributed by atoms with Gasteiger partial charge in [-0.25, -0.2) is 21.6 Å². The highest BCUT2D eigenvalue weighted by Gasteiger charge is 2.26. The average molecular weight is 723 g/mol. The van der Waals surface area contributed by atoms with Gasteiger partial charge < -0.3 is 26.3 Å². The summed E-state index contributed by atoms with van der Waals surface area (Å²) in [7, 11) is -7.09. The van der Waals surface area contributed by atoms with Gasteiger partial charge in [-0.3, -0.25) is 0 Å². The molecule has 6 rings (SSSR count). The predicted octanol–water partition coefficient (Wildman–Crippen LogP) is 5.24. The molecule has 2 heterocycles. The zero-order chi connectivity index (χ0) is 32.0. The summed E-state index contributed by atoms with van der Waals surface area (Å²) in [5, 5.41) is 2.59. The molecule has 2 amide bonds. The van der Waals surface area contributed by atoms with Gasteiger partial charge in [0.25, 0.3) is 0 Å². The normalized spacial score (nSPS) is 16.5. The standard InChI is InChI=1S/C17H18N2O4S.C16H17NO3S.2ClH/c18-17(20)19-11-12-8-9-23-16-10-14(6-7-15(12)16)24(21,22)13-4-2-1-3-5-13;17-11-12-8-9-20-16-10-14(6-7-15(12)16)21(18,19)13-4-2-1-3-5-13;;/h1-7,10,12H,8-9,11H2,(H3,18,19,20);1-7,10,12H,8-9,11,17H2;2*1H. The Morgan fingerprint density at radius 3 is 1.51 bits per heavy atom. The number of carbonyl (C=O) groups excluding carboxylic acids is 1. The van der Waals surface area contributed by atoms with Crippen LogP contribution in [0, 0.1) is 0 Å². The topological polar surface area (TPSA) is 168 Å². The molecule has 2 unspecified atom stereocenters. The van der Waals surface area contributed by atoms with Crippen molar-refractivity contribution in [1.82, 2.24) is 5.32 Å². The quantitative estimate of drug-likeness (QED) is 0.233. The van der Waals surface area contributed by atoms with E-state index in [-0.39, 0.29) is 56.2 Å². The predicted molar refractivity (Wildman–Crippen MR) is 184 cm³/mol. The minimum Gasteiger partial charge on any atom is -0.493 e. The Bertz CT molecular complexity index is 1880. The molecule has 0 saturated carbocycles. The van der Waals surface area contributed by atoms with E-state index in [1.165, 1.54) is 0 Å². The number of primary amides is 1. The Balaban J connectivity index is 0.000000247. The summed E-state index contributed by atoms with van der Waals surface area (Å²) in [5.74, 6) is 1.46. The van der Waals surface area contributed by atoms with E-state index in [1.807, 2.05) is 6.07 Å². The molecule has 14 heteroatoms. The molecule has 4 aromatic carbocycles. The fraction of sp³-hybridized carbons (Fsp3) is 0.242. The molecule has 0 saturated heterocycles. The summed E-state index contributed by atoms with van der Waals surface area (Å²) < 4.78 is 61.8. The van der Waals surface area contributed by atoms with Crippen LogP contribution >= 0.6 is 24.8 Å². The number of hydrogen-bond acceptors (Lipinski definition) is 8. The number of ether oxygens (including phenoxy) is 2. The molecule has 2 aliphatic heterocycles. The third-order valence-corrected chi connectivity index (χ3v) is 11.4. The number of amides is 2. The molecular formula is C33H37Cl2N3O7S2. The highest BCUT2D eigenvalue weighted by atomic mass is 35.5. The number of hydrogen-bond donors (Lipinski definition) is 3. The summed E-state index contributed by atoms with van der Waals surface area (Å²) in [6.45, 7) is 1.98. The molecule has 0 radical (unpaired) electrons. The lowest BCUT2D eigenvalue weighted by Gasteiger charge is -2.26. The number of sulfone groups is 2. The van der Waals surface area contributed by atoms with E-state index in [2.05, 4.69) is 5.32 Å². The first kappa shape index (κ1) is 37.6. The van der Waals surface area contributed by atoms with Crippen LogP contribution in [0.15, 0.2) is 117 Å². The molecule has 0 fully saturated rings. The zero-order valence-corrected chi connectivity index (χ0v) is 28.5. The molecule has 2 aliphatic rings. The lowest BCUT2D eigenvalue weighted by Crippen LogP contribution is -2.34. The maximum Gasteiger partial charge on any atom is 0.312 e. The number of carbonyl (C=O) groups is 1. The number of nitrogens with two attached hydrogens (primary N) is 2. The van der Waals surface area contributed by atoms with Crippen molar-refractivity contribution >= 4 is 50.5 Å². The van der Waals surface area contributed by atoms with Crippen molar-refractivity contribution in [1.29, 1.82) is 0 Å². The maximum atomic E-state index is 12.7. The molecule has 0 spiro atoms. The molecule has 10 nitrogen and oxygen atoms in total. The Labute approximate surface area is 287 Å². The minimum absolute atomic E-state index is 0. The van der Waals surface area contributed by atoms with E-state index in [4.69, 9.17) is 20.9 Å². The van der Waals surface area contributed by atoms with Crippen LogP contribution in [0.25, 0.3) is 0 Å². The van der Waals surface area contributed by atoms with Crippen molar-refractivity contribution < 1.29 is 31.1 Å². The van der Waals surface area contributed by atoms with Crippen LogP contribution < -0.4 is 26.3 Å². The number of nitrogens with one attached hydrogen (secondary N) is 1. The van der Waals surface area contributed by atoms with E-state index in [9.17, 15) is 21.6 Å². The first-order chi connectivity index (χ1) is 21.6. The SMILES string of the molecule is Cl.Cl.NC(=O)NCC1CCOc2cc(S(=O)(=O)c3ccccc3)ccc21.NCC1CCOc2cc(S(=O)(=O)c3ccccc3)ccc21. The minimum atomic E-state index is -3.59. The molecule has 2 atom stereocenters. The summed E-state index contributed by atoms with van der Waals surface area (Å²) in [6, 6.07) is 26.1. The summed E-state index contributed by atoms with van der Waals surface area (Å²) in [4.78, 5) is 11.9. The van der Waals surface area contributed by atoms with Crippen LogP contribution in [0.1, 0.15) is 35.8 Å². The largest absolute Gasteiger partial charge is 0.493 e. The number of fused-ring (bicyclic) bond motifs is 2. The van der Waals surface area contributed by atoms with Crippen molar-refractivity contribution in [3.8, 4) is 11.5 Å². The smallest absolute Gasteiger partial charge is 0.312 e. The van der Waals surface area contributed by atoms with Crippen molar-refractivity contribution in [3.05, 3.63) is 108 Å². The van der Waals surface area contributed by atoms with E-state index < -0.39 is 25.7 Å². The van der Waals surface area contributed by atoms with Crippen LogP contribution in [0.2, 0.25) is 0 Å². The van der Waals surface area contributed by atoms with Crippen LogP contribution in [0.5, 0.6) is 11.5 Å². The number of urea groups is 1. The maximum absolute atomic E-state index is 12.7. The second kappa shape index (κ2) is 16.3. The average Bonchev–Trinajstić information content (AvgIpc) is 3.07. The van der Waals surface area contributed by atoms with Gasteiger partial charge in [0.15, 0.2) is 0 Å². The van der Waals surface area contributed by atoms with Crippen molar-refractivity contribution in [2.45, 2.75) is 44.3 Å². The Morgan fingerprint density at radius 2 is 1.09 bits per heavy atom. The summed E-state index contributed by atoms with van der Waals surface area (Å²) >= 11 is 0. The Kier molecular flexibility index (Phi) is 13.1. The second-order valence-electron chi connectivity index (χ2n) is 10.7. The third-order valence-electron chi connectivity index (χ3n) is 7.83. The third kappa shape index (κ3) is 8.57. The lowest BCUT2D eigenvalue weighted by atomic mass is 9.93. The molecule has 0 aliphatic carbocycles. The molecule has 5 N–H and O–H groups in total. The van der Waals surface area contributed by atoms with E-state index in [0.29, 0.717) is 37.8 Å². The summed E-state index contributed by atoms with van der Waals surface area (Å²) in [6.07, 6.45) is 1.60. The van der Waals surface area contributed by atoms with Gasteiger partial charge in [0.05, 0.1) is 32.8 Å². The van der Waals surface area contributed by atoms with Gasteiger partial charge in [0, 0.05) is 18.4 Å². The van der Waals surface area contributed by atoms with Gasteiger partial charge in [0.1, 0.15) is 11.5 Å². The molecule has 47 heavy (non-hydrogen) atoms. The van der Waals surface area contributed by atoms with E-state index in [0.717, 1.165) is 24.0 Å². The van der Waals surface area contributed by atoms with Gasteiger partial charge in [-0.15, -0.1) is 24.8 Å². The number of rotatable bonds is 7. The van der Waals surface area contributed by atoms with Crippen LogP contribution in [-0.2, 0) is 19.7 Å². The van der Waals surface area contributed by atoms with Crippen LogP contribution in [-0.4, -0.2) is 49.2 Å². The number of benzene rings is 4. The van der Waals surface area contributed by atoms with Crippen molar-refractivity contribution in [3.63, 3.8) is 0 Å². The fourth-order valence-corrected chi connectivity index (χ4v) is 7.97. The first-order valence-corrected chi connectivity index (χ1v) is 17.4. The summed E-state index contributed by atoms with van der Waals surface area (Å²) in [5.41, 5.74) is 12.7. The Morgan fingerprint density at radius 1 is 0.660 bits per heavy atom. The van der Waals surface area contributed by atoms with Crippen LogP contribution in [0.4, 0.5) is 4.79 Å². The van der Waals surface area contributed by atoms with Gasteiger partial charge in [-0.1, -0.05) is 48.5 Å². The lowest BCUT2D eigenvalue weighted by molar-refractivity contribution is 0.242. The number of halogens is 2. The second-order valence-corrected chi connectivity index (χ2v) is 14.6. The van der Waals surface area contributed by atoms with Gasteiger partial charge in [-0.05, 0) is 79.0 Å². The van der Waals surface area contributed by atoms with E-state index in [1.54, 1.807) is 91.0 Å². The van der Waals surface area contributed by atoms with Crippen LogP contribution in [0.3, 0.4) is 0 Å². The first-order valence-electron chi connectivity index (χ1n) is 14.5. The highest BCUT2D eigenvalue weighted by molar-refractivity contribution is 7.91. The molecular weight excluding hydrogens is 685 g/mol. The molecule has 4 aromatic rings. The zero-order valence-electron chi connectivity index (χ0n) is 25.3. The van der Waals surface area contributed by atoms with Gasteiger partial charge in [-0.2, -0.15) is 0 Å².